The summed E-state index contributed by atoms with van der Waals surface area (Å²) in [4.78, 5) is 18.4. The zero-order valence-corrected chi connectivity index (χ0v) is 17.9. The number of aryl methyl sites for hydroxylation is 1. The number of sulfonamides is 1. The lowest BCUT2D eigenvalue weighted by molar-refractivity contribution is -0.131. The smallest absolute Gasteiger partial charge is 0.246 e. The van der Waals surface area contributed by atoms with Crippen LogP contribution >= 0.6 is 11.3 Å². The van der Waals surface area contributed by atoms with Crippen molar-refractivity contribution in [2.24, 2.45) is 0 Å². The molecule has 3 aromatic rings. The fourth-order valence-electron chi connectivity index (χ4n) is 3.29. The van der Waals surface area contributed by atoms with Gasteiger partial charge in [-0.05, 0) is 31.2 Å². The lowest BCUT2D eigenvalue weighted by atomic mass is 10.2. The first-order valence-electron chi connectivity index (χ1n) is 9.38. The second kappa shape index (κ2) is 8.29. The molecule has 0 aliphatic carbocycles. The second-order valence-electron chi connectivity index (χ2n) is 6.95. The third-order valence-electron chi connectivity index (χ3n) is 4.88. The van der Waals surface area contributed by atoms with E-state index >= 15 is 0 Å². The maximum Gasteiger partial charge on any atom is 0.246 e. The number of halogens is 1. The minimum Gasteiger partial charge on any atom is -0.459 e. The van der Waals surface area contributed by atoms with Crippen molar-refractivity contribution in [3.8, 4) is 10.8 Å². The Hall–Kier alpha value is -2.56. The molecular weight excluding hydrogens is 429 g/mol. The topological polar surface area (TPSA) is 83.7 Å². The van der Waals surface area contributed by atoms with Crippen molar-refractivity contribution in [3.63, 3.8) is 0 Å². The van der Waals surface area contributed by atoms with Gasteiger partial charge in [-0.15, -0.1) is 11.3 Å². The summed E-state index contributed by atoms with van der Waals surface area (Å²) >= 11 is 1.41. The summed E-state index contributed by atoms with van der Waals surface area (Å²) in [6, 6.07) is 9.01. The van der Waals surface area contributed by atoms with Gasteiger partial charge in [0.25, 0.3) is 0 Å². The summed E-state index contributed by atoms with van der Waals surface area (Å²) in [6.45, 7) is 2.60. The summed E-state index contributed by atoms with van der Waals surface area (Å²) in [7, 11) is -3.93. The molecule has 158 valence electrons. The molecule has 2 aromatic heterocycles. The fourth-order valence-corrected chi connectivity index (χ4v) is 5.56. The molecule has 7 nitrogen and oxygen atoms in total. The molecule has 0 saturated carbocycles. The Morgan fingerprint density at radius 3 is 2.57 bits per heavy atom. The Balaban J connectivity index is 1.37. The number of rotatable bonds is 5. The maximum absolute atomic E-state index is 13.9. The Bertz CT molecular complexity index is 1160. The van der Waals surface area contributed by atoms with Crippen LogP contribution in [0.2, 0.25) is 0 Å². The maximum atomic E-state index is 13.9. The van der Waals surface area contributed by atoms with Crippen LogP contribution in [0.4, 0.5) is 4.39 Å². The van der Waals surface area contributed by atoms with E-state index in [1.165, 1.54) is 33.8 Å². The number of nitrogens with zero attached hydrogens (tertiary/aromatic N) is 3. The highest BCUT2D eigenvalue weighted by Crippen LogP contribution is 2.26. The van der Waals surface area contributed by atoms with E-state index in [1.54, 1.807) is 4.90 Å². The van der Waals surface area contributed by atoms with Crippen LogP contribution in [0.1, 0.15) is 11.5 Å². The molecule has 0 atom stereocenters. The minimum atomic E-state index is -3.93. The van der Waals surface area contributed by atoms with Crippen molar-refractivity contribution in [2.75, 3.05) is 26.2 Å². The molecule has 0 spiro atoms. The zero-order chi connectivity index (χ0) is 21.3. The Labute approximate surface area is 177 Å². The highest BCUT2D eigenvalue weighted by atomic mass is 32.2. The summed E-state index contributed by atoms with van der Waals surface area (Å²) in [5.74, 6) is 0.566. The van der Waals surface area contributed by atoms with Crippen molar-refractivity contribution in [2.45, 2.75) is 18.2 Å². The fraction of sp³-hybridized carbons (Fsp3) is 0.300. The van der Waals surface area contributed by atoms with Gasteiger partial charge in [-0.2, -0.15) is 4.31 Å². The largest absolute Gasteiger partial charge is 0.459 e. The standard InChI is InChI=1S/C20H20FN3O4S2/c1-14-6-7-17(28-14)20-22-15(13-29-20)12-19(25)23-8-10-24(11-9-23)30(26,27)18-5-3-2-4-16(18)21/h2-7,13H,8-12H2,1H3. The van der Waals surface area contributed by atoms with Crippen molar-refractivity contribution in [1.29, 1.82) is 0 Å². The predicted molar refractivity (Wildman–Crippen MR) is 110 cm³/mol. The van der Waals surface area contributed by atoms with Crippen LogP contribution in [0, 0.1) is 12.7 Å². The number of furan rings is 1. The minimum absolute atomic E-state index is 0.120. The van der Waals surface area contributed by atoms with Gasteiger partial charge in [0.05, 0.1) is 12.1 Å². The zero-order valence-electron chi connectivity index (χ0n) is 16.2. The van der Waals surface area contributed by atoms with Gasteiger partial charge < -0.3 is 9.32 Å². The number of aromatic nitrogens is 1. The number of carbonyl (C=O) groups is 1. The van der Waals surface area contributed by atoms with E-state index in [4.69, 9.17) is 4.42 Å². The highest BCUT2D eigenvalue weighted by molar-refractivity contribution is 7.89. The number of hydrogen-bond acceptors (Lipinski definition) is 6. The lowest BCUT2D eigenvalue weighted by Crippen LogP contribution is -2.51. The third-order valence-corrected chi connectivity index (χ3v) is 7.72. The molecule has 10 heteroatoms. The average molecular weight is 450 g/mol. The van der Waals surface area contributed by atoms with Crippen LogP contribution in [0.3, 0.4) is 0 Å². The van der Waals surface area contributed by atoms with Gasteiger partial charge in [-0.1, -0.05) is 12.1 Å². The molecule has 1 saturated heterocycles. The molecule has 0 radical (unpaired) electrons. The molecule has 1 aliphatic heterocycles. The molecule has 0 bridgehead atoms. The van der Waals surface area contributed by atoms with Crippen LogP contribution in [0.15, 0.2) is 51.1 Å². The normalized spacial score (nSPS) is 15.5. The van der Waals surface area contributed by atoms with E-state index in [9.17, 15) is 17.6 Å². The van der Waals surface area contributed by atoms with E-state index in [1.807, 2.05) is 24.4 Å². The second-order valence-corrected chi connectivity index (χ2v) is 9.71. The van der Waals surface area contributed by atoms with Crippen LogP contribution < -0.4 is 0 Å². The van der Waals surface area contributed by atoms with Crippen molar-refractivity contribution < 1.29 is 22.0 Å². The van der Waals surface area contributed by atoms with Gasteiger partial charge in [0, 0.05) is 31.6 Å². The van der Waals surface area contributed by atoms with Gasteiger partial charge in [0.1, 0.15) is 16.5 Å². The molecule has 4 rings (SSSR count). The molecule has 3 heterocycles. The van der Waals surface area contributed by atoms with Crippen LogP contribution in [0.5, 0.6) is 0 Å². The lowest BCUT2D eigenvalue weighted by Gasteiger charge is -2.34. The number of thiazole rings is 1. The van der Waals surface area contributed by atoms with Gasteiger partial charge in [0.15, 0.2) is 10.8 Å². The SMILES string of the molecule is Cc1ccc(-c2nc(CC(=O)N3CCN(S(=O)(=O)c4ccccc4F)CC3)cs2)o1. The van der Waals surface area contributed by atoms with Crippen molar-refractivity contribution in [3.05, 3.63) is 59.0 Å². The molecule has 1 amide bonds. The van der Waals surface area contributed by atoms with E-state index in [2.05, 4.69) is 4.98 Å². The molecule has 1 fully saturated rings. The summed E-state index contributed by atoms with van der Waals surface area (Å²) in [6.07, 6.45) is 0.135. The molecule has 0 N–H and O–H groups in total. The first-order valence-corrected chi connectivity index (χ1v) is 11.7. The number of benzene rings is 1. The highest BCUT2D eigenvalue weighted by Gasteiger charge is 2.31. The van der Waals surface area contributed by atoms with E-state index in [0.717, 1.165) is 11.8 Å². The van der Waals surface area contributed by atoms with Crippen LogP contribution in [0.25, 0.3) is 10.8 Å². The molecule has 1 aliphatic rings. The Kier molecular flexibility index (Phi) is 5.72. The van der Waals surface area contributed by atoms with Crippen LogP contribution in [-0.4, -0.2) is 54.7 Å². The predicted octanol–water partition coefficient (Wildman–Crippen LogP) is 2.93. The van der Waals surface area contributed by atoms with Gasteiger partial charge >= 0.3 is 0 Å². The summed E-state index contributed by atoms with van der Waals surface area (Å²) < 4.78 is 46.1. The molecule has 30 heavy (non-hydrogen) atoms. The first-order chi connectivity index (χ1) is 14.3. The molecule has 0 unspecified atom stereocenters. The Morgan fingerprint density at radius 1 is 1.17 bits per heavy atom. The monoisotopic (exact) mass is 449 g/mol. The molecule has 1 aromatic carbocycles. The average Bonchev–Trinajstić information content (AvgIpc) is 3.37. The summed E-state index contributed by atoms with van der Waals surface area (Å²) in [5.41, 5.74) is 0.649. The number of amides is 1. The first kappa shape index (κ1) is 20.7. The van der Waals surface area contributed by atoms with E-state index in [0.29, 0.717) is 16.5 Å². The van der Waals surface area contributed by atoms with Crippen LogP contribution in [-0.2, 0) is 21.2 Å². The Morgan fingerprint density at radius 2 is 1.90 bits per heavy atom. The number of carbonyl (C=O) groups excluding carboxylic acids is 1. The summed E-state index contributed by atoms with van der Waals surface area (Å²) in [5, 5.41) is 2.54. The van der Waals surface area contributed by atoms with Crippen molar-refractivity contribution >= 4 is 27.3 Å². The number of hydrogen-bond donors (Lipinski definition) is 0. The molecular formula is C20H20FN3O4S2. The van der Waals surface area contributed by atoms with E-state index in [-0.39, 0.29) is 43.4 Å². The quantitative estimate of drug-likeness (QED) is 0.598. The number of piperazine rings is 1. The van der Waals surface area contributed by atoms with Gasteiger partial charge in [-0.25, -0.2) is 17.8 Å². The van der Waals surface area contributed by atoms with E-state index < -0.39 is 15.8 Å². The van der Waals surface area contributed by atoms with Crippen molar-refractivity contribution in [1.82, 2.24) is 14.2 Å². The van der Waals surface area contributed by atoms with Gasteiger partial charge in [-0.3, -0.25) is 4.79 Å². The third kappa shape index (κ3) is 4.16. The van der Waals surface area contributed by atoms with Gasteiger partial charge in [0.2, 0.25) is 15.9 Å².